The number of carbonyl (C=O) groups is 1. The van der Waals surface area contributed by atoms with Gasteiger partial charge in [-0.3, -0.25) is 4.79 Å². The van der Waals surface area contributed by atoms with Crippen molar-refractivity contribution in [3.8, 4) is 11.5 Å². The minimum atomic E-state index is -0.831. The number of halogens is 1. The van der Waals surface area contributed by atoms with Crippen molar-refractivity contribution in [1.82, 2.24) is 5.32 Å². The topological polar surface area (TPSA) is 67.8 Å². The molecule has 1 aromatic carbocycles. The summed E-state index contributed by atoms with van der Waals surface area (Å²) in [4.78, 5) is 11.3. The Morgan fingerprint density at radius 1 is 1.36 bits per heavy atom. The van der Waals surface area contributed by atoms with Crippen LogP contribution in [-0.2, 0) is 11.3 Å². The van der Waals surface area contributed by atoms with Gasteiger partial charge in [0.25, 0.3) is 0 Å². The number of carboxylic acids is 1. The number of ether oxygens (including phenoxy) is 2. The average Bonchev–Trinajstić information content (AvgIpc) is 2.44. The van der Waals surface area contributed by atoms with Crippen LogP contribution in [0.2, 0.25) is 0 Å². The van der Waals surface area contributed by atoms with Gasteiger partial charge in [-0.25, -0.2) is 0 Å². The summed E-state index contributed by atoms with van der Waals surface area (Å²) in [7, 11) is 1.59. The second-order valence-corrected chi connectivity index (χ2v) is 6.28. The maximum absolute atomic E-state index is 11.3. The zero-order valence-corrected chi connectivity index (χ0v) is 15.1. The van der Waals surface area contributed by atoms with Gasteiger partial charge in [-0.15, -0.1) is 0 Å². The van der Waals surface area contributed by atoms with E-state index in [0.29, 0.717) is 37.0 Å². The summed E-state index contributed by atoms with van der Waals surface area (Å²) in [6, 6.07) is 3.14. The lowest BCUT2D eigenvalue weighted by atomic mass is 10.0. The number of carboxylic acid groups (broad SMARTS) is 1. The monoisotopic (exact) mass is 373 g/mol. The van der Waals surface area contributed by atoms with Gasteiger partial charge >= 0.3 is 5.97 Å². The van der Waals surface area contributed by atoms with E-state index in [1.54, 1.807) is 7.11 Å². The third-order valence-corrected chi connectivity index (χ3v) is 3.91. The third-order valence-electron chi connectivity index (χ3n) is 3.18. The lowest BCUT2D eigenvalue weighted by Gasteiger charge is -2.18. The Bertz CT molecular complexity index is 505. The predicted octanol–water partition coefficient (Wildman–Crippen LogP) is 3.45. The third kappa shape index (κ3) is 5.50. The maximum Gasteiger partial charge on any atom is 0.320 e. The van der Waals surface area contributed by atoms with Crippen molar-refractivity contribution in [1.29, 1.82) is 0 Å². The molecule has 0 spiro atoms. The van der Waals surface area contributed by atoms with Gasteiger partial charge in [0.05, 0.1) is 13.7 Å². The highest BCUT2D eigenvalue weighted by Crippen LogP contribution is 2.33. The number of hydrogen-bond acceptors (Lipinski definition) is 4. The molecule has 22 heavy (non-hydrogen) atoms. The van der Waals surface area contributed by atoms with E-state index >= 15 is 0 Å². The molecule has 5 nitrogen and oxygen atoms in total. The van der Waals surface area contributed by atoms with Gasteiger partial charge in [-0.1, -0.05) is 29.8 Å². The molecule has 1 atom stereocenters. The number of rotatable bonds is 9. The molecule has 0 heterocycles. The van der Waals surface area contributed by atoms with Crippen LogP contribution in [0.3, 0.4) is 0 Å². The molecule has 124 valence electrons. The summed E-state index contributed by atoms with van der Waals surface area (Å²) in [5.74, 6) is 0.782. The summed E-state index contributed by atoms with van der Waals surface area (Å²) in [5.41, 5.74) is 0.926. The van der Waals surface area contributed by atoms with Gasteiger partial charge in [-0.05, 0) is 37.0 Å². The number of methoxy groups -OCH3 is 1. The molecule has 2 N–H and O–H groups in total. The number of hydrogen-bond donors (Lipinski definition) is 2. The van der Waals surface area contributed by atoms with Crippen LogP contribution in [0.4, 0.5) is 0 Å². The fraction of sp³-hybridized carbons (Fsp3) is 0.562. The van der Waals surface area contributed by atoms with Gasteiger partial charge in [0.2, 0.25) is 0 Å². The standard InChI is InChI=1S/C16H24BrNO4/c1-5-22-15-8-12(17)11(7-14(15)21-4)9-18-13(16(19)20)6-10(2)3/h7-8,10,13,18H,5-6,9H2,1-4H3,(H,19,20). The van der Waals surface area contributed by atoms with Crippen LogP contribution in [-0.4, -0.2) is 30.8 Å². The molecule has 1 unspecified atom stereocenters. The van der Waals surface area contributed by atoms with Crippen molar-refractivity contribution in [3.63, 3.8) is 0 Å². The molecule has 0 aliphatic heterocycles. The smallest absolute Gasteiger partial charge is 0.320 e. The first-order valence-corrected chi connectivity index (χ1v) is 8.13. The highest BCUT2D eigenvalue weighted by Gasteiger charge is 2.19. The van der Waals surface area contributed by atoms with E-state index in [0.717, 1.165) is 10.0 Å². The molecule has 0 amide bonds. The highest BCUT2D eigenvalue weighted by molar-refractivity contribution is 9.10. The summed E-state index contributed by atoms with van der Waals surface area (Å²) in [6.07, 6.45) is 0.584. The van der Waals surface area contributed by atoms with E-state index in [1.807, 2.05) is 32.9 Å². The second kappa shape index (κ2) is 9.00. The van der Waals surface area contributed by atoms with Crippen molar-refractivity contribution in [2.45, 2.75) is 39.8 Å². The van der Waals surface area contributed by atoms with E-state index in [-0.39, 0.29) is 0 Å². The van der Waals surface area contributed by atoms with Crippen molar-refractivity contribution < 1.29 is 19.4 Å². The van der Waals surface area contributed by atoms with E-state index in [2.05, 4.69) is 21.2 Å². The Hall–Kier alpha value is -1.27. The van der Waals surface area contributed by atoms with Gasteiger partial charge in [0.15, 0.2) is 11.5 Å². The fourth-order valence-electron chi connectivity index (χ4n) is 2.12. The van der Waals surface area contributed by atoms with Crippen LogP contribution in [0.15, 0.2) is 16.6 Å². The maximum atomic E-state index is 11.3. The molecule has 0 aromatic heterocycles. The van der Waals surface area contributed by atoms with E-state index < -0.39 is 12.0 Å². The zero-order valence-electron chi connectivity index (χ0n) is 13.5. The summed E-state index contributed by atoms with van der Waals surface area (Å²) < 4.78 is 11.7. The summed E-state index contributed by atoms with van der Waals surface area (Å²) >= 11 is 3.50. The molecule has 0 bridgehead atoms. The first-order chi connectivity index (χ1) is 10.4. The van der Waals surface area contributed by atoms with Gasteiger partial charge < -0.3 is 19.9 Å². The van der Waals surface area contributed by atoms with Crippen molar-refractivity contribution in [3.05, 3.63) is 22.2 Å². The van der Waals surface area contributed by atoms with Crippen LogP contribution in [0.5, 0.6) is 11.5 Å². The summed E-state index contributed by atoms with van der Waals surface area (Å²) in [5, 5.41) is 12.3. The second-order valence-electron chi connectivity index (χ2n) is 5.43. The molecule has 0 saturated heterocycles. The quantitative estimate of drug-likeness (QED) is 0.693. The average molecular weight is 374 g/mol. The Kier molecular flexibility index (Phi) is 7.68. The van der Waals surface area contributed by atoms with Gasteiger partial charge in [0.1, 0.15) is 6.04 Å². The molecule has 1 aromatic rings. The molecule has 0 aliphatic rings. The van der Waals surface area contributed by atoms with Gasteiger partial charge in [-0.2, -0.15) is 0 Å². The number of aliphatic carboxylic acids is 1. The van der Waals surface area contributed by atoms with Crippen LogP contribution in [0, 0.1) is 5.92 Å². The lowest BCUT2D eigenvalue weighted by molar-refractivity contribution is -0.140. The molecule has 0 aliphatic carbocycles. The Labute approximate surface area is 140 Å². The SMILES string of the molecule is CCOc1cc(Br)c(CNC(CC(C)C)C(=O)O)cc1OC. The van der Waals surface area contributed by atoms with Crippen LogP contribution in [0.1, 0.15) is 32.8 Å². The minimum absolute atomic E-state index is 0.312. The highest BCUT2D eigenvalue weighted by atomic mass is 79.9. The molecule has 0 saturated carbocycles. The van der Waals surface area contributed by atoms with Crippen LogP contribution >= 0.6 is 15.9 Å². The van der Waals surface area contributed by atoms with Crippen molar-refractivity contribution >= 4 is 21.9 Å². The fourth-order valence-corrected chi connectivity index (χ4v) is 2.58. The van der Waals surface area contributed by atoms with E-state index in [4.69, 9.17) is 9.47 Å². The number of benzene rings is 1. The van der Waals surface area contributed by atoms with Crippen LogP contribution < -0.4 is 14.8 Å². The normalized spacial score (nSPS) is 12.3. The molecule has 6 heteroatoms. The number of nitrogens with one attached hydrogen (secondary N) is 1. The first kappa shape index (κ1) is 18.8. The zero-order chi connectivity index (χ0) is 16.7. The Morgan fingerprint density at radius 2 is 2.05 bits per heavy atom. The molecular formula is C16H24BrNO4. The summed E-state index contributed by atoms with van der Waals surface area (Å²) in [6.45, 7) is 6.91. The van der Waals surface area contributed by atoms with E-state index in [9.17, 15) is 9.90 Å². The Balaban J connectivity index is 2.86. The molecule has 0 radical (unpaired) electrons. The van der Waals surface area contributed by atoms with Crippen molar-refractivity contribution in [2.24, 2.45) is 5.92 Å². The van der Waals surface area contributed by atoms with Crippen molar-refractivity contribution in [2.75, 3.05) is 13.7 Å². The largest absolute Gasteiger partial charge is 0.493 e. The Morgan fingerprint density at radius 3 is 2.55 bits per heavy atom. The molecule has 1 rings (SSSR count). The minimum Gasteiger partial charge on any atom is -0.493 e. The predicted molar refractivity (Wildman–Crippen MR) is 89.6 cm³/mol. The van der Waals surface area contributed by atoms with Gasteiger partial charge in [0, 0.05) is 11.0 Å². The van der Waals surface area contributed by atoms with E-state index in [1.165, 1.54) is 0 Å². The molecule has 0 fully saturated rings. The first-order valence-electron chi connectivity index (χ1n) is 7.34. The lowest BCUT2D eigenvalue weighted by Crippen LogP contribution is -2.37. The van der Waals surface area contributed by atoms with Crippen LogP contribution in [0.25, 0.3) is 0 Å². The molecular weight excluding hydrogens is 350 g/mol.